The number of esters is 1. The number of nitrogens with zero attached hydrogens (tertiary/aromatic N) is 2. The zero-order valence-electron chi connectivity index (χ0n) is 12.6. The Hall–Kier alpha value is -2.02. The first-order valence-electron chi connectivity index (χ1n) is 7.00. The number of para-hydroxylation sites is 1. The molecular formula is C15H18N2O4S. The molecule has 0 saturated heterocycles. The fourth-order valence-corrected chi connectivity index (χ4v) is 2.51. The summed E-state index contributed by atoms with van der Waals surface area (Å²) in [7, 11) is 1.60. The molecule has 0 amide bonds. The van der Waals surface area contributed by atoms with Gasteiger partial charge in [0.05, 0.1) is 19.3 Å². The van der Waals surface area contributed by atoms with E-state index in [1.54, 1.807) is 14.0 Å². The number of benzene rings is 1. The summed E-state index contributed by atoms with van der Waals surface area (Å²) in [5.41, 5.74) is 0.760. The van der Waals surface area contributed by atoms with Crippen LogP contribution in [0.3, 0.4) is 0 Å². The Morgan fingerprint density at radius 2 is 2.14 bits per heavy atom. The molecule has 0 aliphatic carbocycles. The Morgan fingerprint density at radius 1 is 1.32 bits per heavy atom. The lowest BCUT2D eigenvalue weighted by Gasteiger charge is -2.03. The summed E-state index contributed by atoms with van der Waals surface area (Å²) in [4.78, 5) is 11.2. The molecule has 0 fully saturated rings. The summed E-state index contributed by atoms with van der Waals surface area (Å²) in [5, 5.41) is 8.50. The van der Waals surface area contributed by atoms with Crippen LogP contribution in [-0.4, -0.2) is 35.6 Å². The molecule has 0 bridgehead atoms. The first kappa shape index (κ1) is 16.4. The van der Waals surface area contributed by atoms with Crippen molar-refractivity contribution in [2.24, 2.45) is 0 Å². The van der Waals surface area contributed by atoms with Crippen LogP contribution in [-0.2, 0) is 9.53 Å². The van der Waals surface area contributed by atoms with Gasteiger partial charge in [0.15, 0.2) is 0 Å². The third kappa shape index (κ3) is 4.49. The maximum absolute atomic E-state index is 11.2. The molecule has 7 heteroatoms. The van der Waals surface area contributed by atoms with Crippen molar-refractivity contribution in [3.05, 3.63) is 24.3 Å². The topological polar surface area (TPSA) is 74.5 Å². The second-order valence-electron chi connectivity index (χ2n) is 4.33. The van der Waals surface area contributed by atoms with Crippen LogP contribution < -0.4 is 4.74 Å². The highest BCUT2D eigenvalue weighted by Gasteiger charge is 2.13. The summed E-state index contributed by atoms with van der Waals surface area (Å²) >= 11 is 1.42. The number of rotatable bonds is 8. The number of carbonyl (C=O) groups is 1. The third-order valence-electron chi connectivity index (χ3n) is 2.80. The van der Waals surface area contributed by atoms with Gasteiger partial charge < -0.3 is 13.9 Å². The van der Waals surface area contributed by atoms with E-state index in [9.17, 15) is 4.79 Å². The molecule has 0 saturated carbocycles. The first-order chi connectivity index (χ1) is 10.7. The summed E-state index contributed by atoms with van der Waals surface area (Å²) < 4.78 is 15.8. The van der Waals surface area contributed by atoms with E-state index in [-0.39, 0.29) is 5.97 Å². The van der Waals surface area contributed by atoms with Crippen molar-refractivity contribution < 1.29 is 18.7 Å². The van der Waals surface area contributed by atoms with Crippen molar-refractivity contribution in [3.63, 3.8) is 0 Å². The number of thioether (sulfide) groups is 1. The SMILES string of the molecule is CCOC(=O)CCCSc1nnc(-c2ccccc2OC)o1. The summed E-state index contributed by atoms with van der Waals surface area (Å²) in [5.74, 6) is 1.64. The van der Waals surface area contributed by atoms with E-state index >= 15 is 0 Å². The van der Waals surface area contributed by atoms with Crippen LogP contribution in [0.15, 0.2) is 33.9 Å². The van der Waals surface area contributed by atoms with E-state index in [0.29, 0.717) is 42.1 Å². The fraction of sp³-hybridized carbons (Fsp3) is 0.400. The van der Waals surface area contributed by atoms with Crippen LogP contribution >= 0.6 is 11.8 Å². The molecule has 2 aromatic rings. The van der Waals surface area contributed by atoms with Gasteiger partial charge in [-0.3, -0.25) is 4.79 Å². The molecule has 2 rings (SSSR count). The lowest BCUT2D eigenvalue weighted by molar-refractivity contribution is -0.143. The van der Waals surface area contributed by atoms with Crippen LogP contribution in [0.1, 0.15) is 19.8 Å². The molecule has 6 nitrogen and oxygen atoms in total. The molecule has 0 atom stereocenters. The van der Waals surface area contributed by atoms with Crippen LogP contribution in [0.5, 0.6) is 5.75 Å². The standard InChI is InChI=1S/C15H18N2O4S/c1-3-20-13(18)9-6-10-22-15-17-16-14(21-15)11-7-4-5-8-12(11)19-2/h4-5,7-8H,3,6,9-10H2,1-2H3. The Labute approximate surface area is 133 Å². The highest BCUT2D eigenvalue weighted by Crippen LogP contribution is 2.30. The molecule has 0 unspecified atom stereocenters. The molecular weight excluding hydrogens is 304 g/mol. The van der Waals surface area contributed by atoms with Crippen molar-refractivity contribution in [2.45, 2.75) is 25.0 Å². The third-order valence-corrected chi connectivity index (χ3v) is 3.70. The zero-order chi connectivity index (χ0) is 15.8. The van der Waals surface area contributed by atoms with Crippen molar-refractivity contribution in [3.8, 4) is 17.2 Å². The molecule has 0 aliphatic rings. The molecule has 0 N–H and O–H groups in total. The monoisotopic (exact) mass is 322 g/mol. The van der Waals surface area contributed by atoms with Gasteiger partial charge in [-0.25, -0.2) is 0 Å². The zero-order valence-corrected chi connectivity index (χ0v) is 13.4. The van der Waals surface area contributed by atoms with Gasteiger partial charge >= 0.3 is 5.97 Å². The van der Waals surface area contributed by atoms with Gasteiger partial charge in [-0.1, -0.05) is 23.9 Å². The molecule has 118 valence electrons. The second kappa shape index (κ2) is 8.43. The smallest absolute Gasteiger partial charge is 0.305 e. The van der Waals surface area contributed by atoms with E-state index in [2.05, 4.69) is 10.2 Å². The molecule has 0 aliphatic heterocycles. The minimum atomic E-state index is -0.177. The van der Waals surface area contributed by atoms with Crippen molar-refractivity contribution >= 4 is 17.7 Å². The average Bonchev–Trinajstić information content (AvgIpc) is 3.00. The Bertz CT molecular complexity index is 615. The van der Waals surface area contributed by atoms with Crippen molar-refractivity contribution in [1.29, 1.82) is 0 Å². The number of hydrogen-bond acceptors (Lipinski definition) is 7. The van der Waals surface area contributed by atoms with Crippen LogP contribution in [0.25, 0.3) is 11.5 Å². The number of carbonyl (C=O) groups excluding carboxylic acids is 1. The first-order valence-corrected chi connectivity index (χ1v) is 7.98. The maximum Gasteiger partial charge on any atom is 0.305 e. The van der Waals surface area contributed by atoms with E-state index in [1.165, 1.54) is 11.8 Å². The maximum atomic E-state index is 11.2. The van der Waals surface area contributed by atoms with Crippen LogP contribution in [0, 0.1) is 0 Å². The van der Waals surface area contributed by atoms with Crippen LogP contribution in [0.4, 0.5) is 0 Å². The molecule has 1 heterocycles. The number of methoxy groups -OCH3 is 1. The van der Waals surface area contributed by atoms with Crippen molar-refractivity contribution in [1.82, 2.24) is 10.2 Å². The number of hydrogen-bond donors (Lipinski definition) is 0. The second-order valence-corrected chi connectivity index (χ2v) is 5.38. The van der Waals surface area contributed by atoms with Gasteiger partial charge in [0.2, 0.25) is 0 Å². The minimum absolute atomic E-state index is 0.177. The summed E-state index contributed by atoms with van der Waals surface area (Å²) in [6.45, 7) is 2.21. The van der Waals surface area contributed by atoms with E-state index in [4.69, 9.17) is 13.9 Å². The van der Waals surface area contributed by atoms with E-state index in [0.717, 1.165) is 5.56 Å². The van der Waals surface area contributed by atoms with Gasteiger partial charge in [0, 0.05) is 12.2 Å². The van der Waals surface area contributed by atoms with Crippen molar-refractivity contribution in [2.75, 3.05) is 19.5 Å². The summed E-state index contributed by atoms with van der Waals surface area (Å²) in [6.07, 6.45) is 1.10. The molecule has 0 spiro atoms. The molecule has 0 radical (unpaired) electrons. The van der Waals surface area contributed by atoms with Gasteiger partial charge in [-0.15, -0.1) is 10.2 Å². The van der Waals surface area contributed by atoms with Gasteiger partial charge in [-0.2, -0.15) is 0 Å². The normalized spacial score (nSPS) is 10.5. The Balaban J connectivity index is 1.88. The lowest BCUT2D eigenvalue weighted by atomic mass is 10.2. The highest BCUT2D eigenvalue weighted by molar-refractivity contribution is 7.99. The average molecular weight is 322 g/mol. The van der Waals surface area contributed by atoms with E-state index < -0.39 is 0 Å². The summed E-state index contributed by atoms with van der Waals surface area (Å²) in [6, 6.07) is 7.46. The van der Waals surface area contributed by atoms with E-state index in [1.807, 2.05) is 24.3 Å². The largest absolute Gasteiger partial charge is 0.496 e. The van der Waals surface area contributed by atoms with Gasteiger partial charge in [-0.05, 0) is 25.5 Å². The van der Waals surface area contributed by atoms with Gasteiger partial charge in [0.25, 0.3) is 11.1 Å². The molecule has 22 heavy (non-hydrogen) atoms. The lowest BCUT2D eigenvalue weighted by Crippen LogP contribution is -2.03. The van der Waals surface area contributed by atoms with Gasteiger partial charge in [0.1, 0.15) is 5.75 Å². The molecule has 1 aromatic heterocycles. The number of aromatic nitrogens is 2. The predicted octanol–water partition coefficient (Wildman–Crippen LogP) is 3.18. The quantitative estimate of drug-likeness (QED) is 0.420. The Kier molecular flexibility index (Phi) is 6.27. The Morgan fingerprint density at radius 3 is 2.91 bits per heavy atom. The molecule has 1 aromatic carbocycles. The predicted molar refractivity (Wildman–Crippen MR) is 82.9 cm³/mol. The fourth-order valence-electron chi connectivity index (χ4n) is 1.81. The number of ether oxygens (including phenoxy) is 2. The minimum Gasteiger partial charge on any atom is -0.496 e. The highest BCUT2D eigenvalue weighted by atomic mass is 32.2. The van der Waals surface area contributed by atoms with Crippen LogP contribution in [0.2, 0.25) is 0 Å².